The largest absolute Gasteiger partial charge is 0.507 e. The van der Waals surface area contributed by atoms with E-state index in [1.54, 1.807) is 12.1 Å². The average Bonchev–Trinajstić information content (AvgIpc) is 3.10. The lowest BCUT2D eigenvalue weighted by atomic mass is 9.98. The standard InChI is InChI=1S/C23H24F2N4O2/c1-29(17-11-15-3-4-16(12-17)26-15)22-7-6-20(27-28-22)19-9-13-2-5-18(31-23(24)25)8-14(13)10-21(19)30/h2,5-10,15-17,23,26,30H,3-4,11-12H2,1H3/t15-,16+,17?. The van der Waals surface area contributed by atoms with Gasteiger partial charge in [-0.25, -0.2) is 0 Å². The molecule has 3 heterocycles. The van der Waals surface area contributed by atoms with Crippen molar-refractivity contribution in [3.63, 3.8) is 0 Å². The summed E-state index contributed by atoms with van der Waals surface area (Å²) in [4.78, 5) is 2.20. The number of alkyl halides is 2. The maximum Gasteiger partial charge on any atom is 0.387 e. The Balaban J connectivity index is 1.38. The first-order valence-corrected chi connectivity index (χ1v) is 10.5. The van der Waals surface area contributed by atoms with E-state index in [1.165, 1.54) is 31.0 Å². The van der Waals surface area contributed by atoms with Crippen LogP contribution in [-0.4, -0.2) is 47.1 Å². The van der Waals surface area contributed by atoms with Gasteiger partial charge in [-0.2, -0.15) is 8.78 Å². The molecule has 162 valence electrons. The molecule has 1 aromatic heterocycles. The maximum atomic E-state index is 12.4. The first-order valence-electron chi connectivity index (χ1n) is 10.5. The zero-order valence-electron chi connectivity index (χ0n) is 17.1. The Hall–Kier alpha value is -3.00. The second-order valence-electron chi connectivity index (χ2n) is 8.41. The van der Waals surface area contributed by atoms with Crippen molar-refractivity contribution in [2.24, 2.45) is 0 Å². The molecule has 2 aromatic carbocycles. The van der Waals surface area contributed by atoms with E-state index in [2.05, 4.69) is 32.2 Å². The zero-order chi connectivity index (χ0) is 21.5. The van der Waals surface area contributed by atoms with Crippen LogP contribution in [0.2, 0.25) is 0 Å². The van der Waals surface area contributed by atoms with Crippen LogP contribution in [0.5, 0.6) is 11.5 Å². The van der Waals surface area contributed by atoms with Crippen molar-refractivity contribution < 1.29 is 18.6 Å². The summed E-state index contributed by atoms with van der Waals surface area (Å²) in [6.45, 7) is -2.89. The molecule has 3 atom stereocenters. The van der Waals surface area contributed by atoms with E-state index in [-0.39, 0.29) is 11.5 Å². The number of hydrogen-bond donors (Lipinski definition) is 2. The third-order valence-corrected chi connectivity index (χ3v) is 6.44. The lowest BCUT2D eigenvalue weighted by molar-refractivity contribution is -0.0497. The normalized spacial score (nSPS) is 22.8. The van der Waals surface area contributed by atoms with Crippen molar-refractivity contribution >= 4 is 16.6 Å². The minimum absolute atomic E-state index is 0.00651. The molecule has 2 N–H and O–H groups in total. The zero-order valence-corrected chi connectivity index (χ0v) is 17.1. The van der Waals surface area contributed by atoms with Crippen LogP contribution in [0.25, 0.3) is 22.0 Å². The molecule has 0 spiro atoms. The van der Waals surface area contributed by atoms with Gasteiger partial charge in [-0.1, -0.05) is 6.07 Å². The molecule has 5 rings (SSSR count). The SMILES string of the molecule is CN(c1ccc(-c2cc3ccc(OC(F)F)cc3cc2O)nn1)C1C[C@H]2CC[C@@H](C1)N2. The number of anilines is 1. The number of rotatable bonds is 5. The monoisotopic (exact) mass is 426 g/mol. The minimum atomic E-state index is -2.89. The minimum Gasteiger partial charge on any atom is -0.507 e. The molecule has 2 bridgehead atoms. The van der Waals surface area contributed by atoms with Crippen LogP contribution in [0.4, 0.5) is 14.6 Å². The van der Waals surface area contributed by atoms with Crippen LogP contribution in [0.1, 0.15) is 25.7 Å². The first kappa shape index (κ1) is 19.9. The summed E-state index contributed by atoms with van der Waals surface area (Å²) >= 11 is 0. The molecule has 2 aliphatic heterocycles. The quantitative estimate of drug-likeness (QED) is 0.633. The van der Waals surface area contributed by atoms with Crippen LogP contribution in [0.15, 0.2) is 42.5 Å². The molecule has 0 aliphatic carbocycles. The number of hydrogen-bond acceptors (Lipinski definition) is 6. The fourth-order valence-corrected chi connectivity index (χ4v) is 4.83. The summed E-state index contributed by atoms with van der Waals surface area (Å²) < 4.78 is 29.3. The number of nitrogens with one attached hydrogen (secondary N) is 1. The molecular formula is C23H24F2N4O2. The van der Waals surface area contributed by atoms with E-state index in [9.17, 15) is 13.9 Å². The van der Waals surface area contributed by atoms with E-state index < -0.39 is 6.61 Å². The van der Waals surface area contributed by atoms with Crippen LogP contribution in [0, 0.1) is 0 Å². The van der Waals surface area contributed by atoms with Crippen molar-refractivity contribution in [1.29, 1.82) is 0 Å². The van der Waals surface area contributed by atoms with Gasteiger partial charge >= 0.3 is 6.61 Å². The highest BCUT2D eigenvalue weighted by Gasteiger charge is 2.35. The number of phenols is 1. The molecule has 0 saturated carbocycles. The van der Waals surface area contributed by atoms with Gasteiger partial charge in [0.2, 0.25) is 0 Å². The van der Waals surface area contributed by atoms with Crippen molar-refractivity contribution in [3.05, 3.63) is 42.5 Å². The lowest BCUT2D eigenvalue weighted by Crippen LogP contribution is -2.47. The molecule has 0 radical (unpaired) electrons. The van der Waals surface area contributed by atoms with E-state index in [0.29, 0.717) is 34.8 Å². The third-order valence-electron chi connectivity index (χ3n) is 6.44. The van der Waals surface area contributed by atoms with Crippen molar-refractivity contribution in [1.82, 2.24) is 15.5 Å². The topological polar surface area (TPSA) is 70.5 Å². The Morgan fingerprint density at radius 2 is 1.81 bits per heavy atom. The molecular weight excluding hydrogens is 402 g/mol. The maximum absolute atomic E-state index is 12.4. The number of phenolic OH excluding ortho intramolecular Hbond substituents is 1. The van der Waals surface area contributed by atoms with E-state index in [1.807, 2.05) is 12.1 Å². The van der Waals surface area contributed by atoms with Gasteiger partial charge in [0.15, 0.2) is 5.82 Å². The molecule has 6 nitrogen and oxygen atoms in total. The third kappa shape index (κ3) is 3.99. The Morgan fingerprint density at radius 1 is 1.03 bits per heavy atom. The van der Waals surface area contributed by atoms with Crippen molar-refractivity contribution in [3.8, 4) is 22.8 Å². The van der Waals surface area contributed by atoms with E-state index in [4.69, 9.17) is 0 Å². The Kier molecular flexibility index (Phi) is 5.09. The number of aromatic hydroxyl groups is 1. The number of aromatic nitrogens is 2. The molecule has 3 aromatic rings. The molecule has 31 heavy (non-hydrogen) atoms. The number of ether oxygens (including phenoxy) is 1. The van der Waals surface area contributed by atoms with Gasteiger partial charge < -0.3 is 20.1 Å². The summed E-state index contributed by atoms with van der Waals surface area (Å²) in [7, 11) is 2.06. The van der Waals surface area contributed by atoms with Crippen LogP contribution in [-0.2, 0) is 0 Å². The summed E-state index contributed by atoms with van der Waals surface area (Å²) in [5, 5.41) is 24.3. The number of piperidine rings is 1. The molecule has 1 unspecified atom stereocenters. The molecule has 2 aliphatic rings. The Morgan fingerprint density at radius 3 is 2.48 bits per heavy atom. The first-order chi connectivity index (χ1) is 15.0. The Labute approximate surface area is 178 Å². The van der Waals surface area contributed by atoms with Crippen LogP contribution >= 0.6 is 0 Å². The van der Waals surface area contributed by atoms with Crippen molar-refractivity contribution in [2.75, 3.05) is 11.9 Å². The number of nitrogens with zero attached hydrogens (tertiary/aromatic N) is 3. The summed E-state index contributed by atoms with van der Waals surface area (Å²) in [6.07, 6.45) is 4.71. The van der Waals surface area contributed by atoms with Gasteiger partial charge in [0.05, 0.1) is 5.69 Å². The van der Waals surface area contributed by atoms with Gasteiger partial charge in [-0.3, -0.25) is 0 Å². The fourth-order valence-electron chi connectivity index (χ4n) is 4.83. The highest BCUT2D eigenvalue weighted by atomic mass is 19.3. The number of fused-ring (bicyclic) bond motifs is 3. The number of halogens is 2. The smallest absolute Gasteiger partial charge is 0.387 e. The average molecular weight is 426 g/mol. The summed E-state index contributed by atoms with van der Waals surface area (Å²) in [5.41, 5.74) is 1.09. The second-order valence-corrected chi connectivity index (χ2v) is 8.41. The molecule has 2 saturated heterocycles. The predicted octanol–water partition coefficient (Wildman–Crippen LogP) is 4.32. The summed E-state index contributed by atoms with van der Waals surface area (Å²) in [5.74, 6) is 0.865. The van der Waals surface area contributed by atoms with Crippen LogP contribution in [0.3, 0.4) is 0 Å². The second kappa shape index (κ2) is 7.92. The van der Waals surface area contributed by atoms with E-state index in [0.717, 1.165) is 24.0 Å². The van der Waals surface area contributed by atoms with Gasteiger partial charge in [0.1, 0.15) is 11.5 Å². The van der Waals surface area contributed by atoms with Crippen LogP contribution < -0.4 is 15.0 Å². The Bertz CT molecular complexity index is 1080. The molecule has 2 fully saturated rings. The van der Waals surface area contributed by atoms with E-state index >= 15 is 0 Å². The highest BCUT2D eigenvalue weighted by Crippen LogP contribution is 2.35. The fraction of sp³-hybridized carbons (Fsp3) is 0.391. The van der Waals surface area contributed by atoms with Gasteiger partial charge in [0.25, 0.3) is 0 Å². The number of benzene rings is 2. The van der Waals surface area contributed by atoms with Crippen molar-refractivity contribution in [2.45, 2.75) is 50.4 Å². The summed E-state index contributed by atoms with van der Waals surface area (Å²) in [6, 6.07) is 13.3. The molecule has 8 heteroatoms. The lowest BCUT2D eigenvalue weighted by Gasteiger charge is -2.36. The van der Waals surface area contributed by atoms with Gasteiger partial charge in [-0.05, 0) is 72.9 Å². The van der Waals surface area contributed by atoms with Gasteiger partial charge in [-0.15, -0.1) is 10.2 Å². The molecule has 0 amide bonds. The highest BCUT2D eigenvalue weighted by molar-refractivity contribution is 5.90. The predicted molar refractivity (Wildman–Crippen MR) is 115 cm³/mol. The van der Waals surface area contributed by atoms with Gasteiger partial charge in [0, 0.05) is 30.7 Å².